The fourth-order valence-corrected chi connectivity index (χ4v) is 0.848. The molecular formula is C9H10O4. The lowest BCUT2D eigenvalue weighted by Gasteiger charge is -1.98. The van der Waals surface area contributed by atoms with E-state index < -0.39 is 0 Å². The summed E-state index contributed by atoms with van der Waals surface area (Å²) < 4.78 is 9.36. The zero-order chi connectivity index (χ0) is 9.84. The highest BCUT2D eigenvalue weighted by atomic mass is 16.6. The Morgan fingerprint density at radius 1 is 1.54 bits per heavy atom. The summed E-state index contributed by atoms with van der Waals surface area (Å²) in [5, 5.41) is 0. The number of rotatable bonds is 4. The number of hydrogen-bond donors (Lipinski definition) is 0. The van der Waals surface area contributed by atoms with E-state index in [9.17, 15) is 9.59 Å². The van der Waals surface area contributed by atoms with E-state index >= 15 is 0 Å². The van der Waals surface area contributed by atoms with Crippen LogP contribution in [0.15, 0.2) is 16.5 Å². The predicted molar refractivity (Wildman–Crippen MR) is 44.6 cm³/mol. The van der Waals surface area contributed by atoms with Gasteiger partial charge in [0.15, 0.2) is 5.76 Å². The maximum absolute atomic E-state index is 11.3. The van der Waals surface area contributed by atoms with Crippen molar-refractivity contribution in [2.45, 2.75) is 13.8 Å². The Kier molecular flexibility index (Phi) is 2.84. The molecule has 0 atom stereocenters. The zero-order valence-corrected chi connectivity index (χ0v) is 7.44. The lowest BCUT2D eigenvalue weighted by atomic mass is 10.1. The van der Waals surface area contributed by atoms with Gasteiger partial charge in [0.05, 0.1) is 0 Å². The van der Waals surface area contributed by atoms with E-state index in [0.29, 0.717) is 0 Å². The minimum absolute atomic E-state index is 0.0407. The molecule has 0 aromatic carbocycles. The van der Waals surface area contributed by atoms with Gasteiger partial charge in [0, 0.05) is 12.0 Å². The fourth-order valence-electron chi connectivity index (χ4n) is 0.848. The molecule has 0 spiro atoms. The number of ketones is 1. The molecule has 0 aliphatic heterocycles. The van der Waals surface area contributed by atoms with Crippen LogP contribution in [0.3, 0.4) is 0 Å². The average molecular weight is 182 g/mol. The molecule has 1 aromatic heterocycles. The lowest BCUT2D eigenvalue weighted by molar-refractivity contribution is -0.121. The molecule has 0 fully saturated rings. The smallest absolute Gasteiger partial charge is 0.300 e. The molecule has 0 saturated heterocycles. The number of Topliss-reactive ketones (excluding diaryl/α,β-unsaturated/α-hetero) is 1. The van der Waals surface area contributed by atoms with Crippen molar-refractivity contribution in [2.75, 3.05) is 0 Å². The second-order valence-electron chi connectivity index (χ2n) is 2.85. The van der Waals surface area contributed by atoms with Crippen LogP contribution in [0.25, 0.3) is 0 Å². The van der Waals surface area contributed by atoms with Gasteiger partial charge < -0.3 is 9.15 Å². The van der Waals surface area contributed by atoms with E-state index in [1.54, 1.807) is 13.8 Å². The number of ether oxygens (including phenoxy) is 1. The van der Waals surface area contributed by atoms with Crippen LogP contribution in [-0.2, 0) is 4.79 Å². The normalized spacial score (nSPS) is 10.1. The summed E-state index contributed by atoms with van der Waals surface area (Å²) in [6.07, 6.45) is 0. The summed E-state index contributed by atoms with van der Waals surface area (Å²) in [5.41, 5.74) is 0. The van der Waals surface area contributed by atoms with Crippen molar-refractivity contribution in [2.24, 2.45) is 5.92 Å². The SMILES string of the molecule is CC(C)C(=O)c1ccc(OC=O)o1. The van der Waals surface area contributed by atoms with E-state index in [4.69, 9.17) is 4.42 Å². The van der Waals surface area contributed by atoms with Gasteiger partial charge in [0.1, 0.15) is 0 Å². The Bertz CT molecular complexity index is 311. The molecule has 1 heterocycles. The number of carbonyl (C=O) groups excluding carboxylic acids is 2. The fraction of sp³-hybridized carbons (Fsp3) is 0.333. The first-order valence-electron chi connectivity index (χ1n) is 3.89. The largest absolute Gasteiger partial charge is 0.422 e. The van der Waals surface area contributed by atoms with Crippen molar-refractivity contribution in [1.82, 2.24) is 0 Å². The second-order valence-corrected chi connectivity index (χ2v) is 2.85. The van der Waals surface area contributed by atoms with E-state index in [1.165, 1.54) is 12.1 Å². The predicted octanol–water partition coefficient (Wildman–Crippen LogP) is 1.65. The Hall–Kier alpha value is -1.58. The van der Waals surface area contributed by atoms with Gasteiger partial charge in [-0.3, -0.25) is 9.59 Å². The molecule has 0 amide bonds. The molecule has 1 aromatic rings. The third kappa shape index (κ3) is 2.18. The molecule has 0 bridgehead atoms. The molecule has 13 heavy (non-hydrogen) atoms. The molecular weight excluding hydrogens is 172 g/mol. The van der Waals surface area contributed by atoms with Gasteiger partial charge in [-0.15, -0.1) is 0 Å². The minimum atomic E-state index is -0.129. The molecule has 0 N–H and O–H groups in total. The standard InChI is InChI=1S/C9H10O4/c1-6(2)9(11)7-3-4-8(13-7)12-5-10/h3-6H,1-2H3. The van der Waals surface area contributed by atoms with Crippen LogP contribution in [0.4, 0.5) is 0 Å². The molecule has 0 unspecified atom stereocenters. The molecule has 70 valence electrons. The number of furan rings is 1. The quantitative estimate of drug-likeness (QED) is 0.524. The Balaban J connectivity index is 2.79. The van der Waals surface area contributed by atoms with Gasteiger partial charge in [0.25, 0.3) is 5.95 Å². The third-order valence-electron chi connectivity index (χ3n) is 1.51. The molecule has 4 nitrogen and oxygen atoms in total. The molecule has 0 saturated carbocycles. The van der Waals surface area contributed by atoms with Gasteiger partial charge in [-0.2, -0.15) is 0 Å². The average Bonchev–Trinajstić information content (AvgIpc) is 2.52. The first kappa shape index (κ1) is 9.51. The first-order chi connectivity index (χ1) is 6.15. The highest BCUT2D eigenvalue weighted by Crippen LogP contribution is 2.17. The Labute approximate surface area is 75.5 Å². The van der Waals surface area contributed by atoms with Crippen molar-refractivity contribution >= 4 is 12.3 Å². The summed E-state index contributed by atoms with van der Waals surface area (Å²) >= 11 is 0. The van der Waals surface area contributed by atoms with Gasteiger partial charge in [-0.25, -0.2) is 0 Å². The van der Waals surface area contributed by atoms with Crippen LogP contribution in [-0.4, -0.2) is 12.3 Å². The summed E-state index contributed by atoms with van der Waals surface area (Å²) in [6, 6.07) is 2.92. The Morgan fingerprint density at radius 2 is 2.23 bits per heavy atom. The summed E-state index contributed by atoms with van der Waals surface area (Å²) in [7, 11) is 0. The molecule has 4 heteroatoms. The van der Waals surface area contributed by atoms with E-state index in [-0.39, 0.29) is 29.9 Å². The van der Waals surface area contributed by atoms with E-state index in [0.717, 1.165) is 0 Å². The monoisotopic (exact) mass is 182 g/mol. The Morgan fingerprint density at radius 3 is 2.77 bits per heavy atom. The van der Waals surface area contributed by atoms with Gasteiger partial charge in [-0.05, 0) is 6.07 Å². The highest BCUT2D eigenvalue weighted by molar-refractivity contribution is 5.94. The van der Waals surface area contributed by atoms with Gasteiger partial charge in [-0.1, -0.05) is 13.8 Å². The van der Waals surface area contributed by atoms with Gasteiger partial charge in [0.2, 0.25) is 5.78 Å². The first-order valence-corrected chi connectivity index (χ1v) is 3.89. The minimum Gasteiger partial charge on any atom is -0.422 e. The highest BCUT2D eigenvalue weighted by Gasteiger charge is 2.14. The topological polar surface area (TPSA) is 56.5 Å². The molecule has 0 aliphatic carbocycles. The maximum Gasteiger partial charge on any atom is 0.300 e. The van der Waals surface area contributed by atoms with Crippen LogP contribution in [0, 0.1) is 5.92 Å². The number of hydrogen-bond acceptors (Lipinski definition) is 4. The number of carbonyl (C=O) groups is 2. The summed E-state index contributed by atoms with van der Waals surface area (Å²) in [5.74, 6) is 0.0156. The maximum atomic E-state index is 11.3. The van der Waals surface area contributed by atoms with Crippen molar-refractivity contribution < 1.29 is 18.7 Å². The molecule has 0 radical (unpaired) electrons. The van der Waals surface area contributed by atoms with Crippen molar-refractivity contribution in [3.8, 4) is 5.95 Å². The molecule has 1 rings (SSSR count). The zero-order valence-electron chi connectivity index (χ0n) is 7.44. The molecule has 0 aliphatic rings. The third-order valence-corrected chi connectivity index (χ3v) is 1.51. The van der Waals surface area contributed by atoms with Crippen molar-refractivity contribution in [3.63, 3.8) is 0 Å². The summed E-state index contributed by atoms with van der Waals surface area (Å²) in [6.45, 7) is 3.79. The van der Waals surface area contributed by atoms with Crippen LogP contribution < -0.4 is 4.74 Å². The second kappa shape index (κ2) is 3.89. The van der Waals surface area contributed by atoms with Crippen molar-refractivity contribution in [3.05, 3.63) is 17.9 Å². The lowest BCUT2D eigenvalue weighted by Crippen LogP contribution is -2.05. The van der Waals surface area contributed by atoms with Crippen LogP contribution in [0.5, 0.6) is 5.95 Å². The van der Waals surface area contributed by atoms with Crippen LogP contribution in [0.2, 0.25) is 0 Å². The van der Waals surface area contributed by atoms with E-state index in [2.05, 4.69) is 4.74 Å². The summed E-state index contributed by atoms with van der Waals surface area (Å²) in [4.78, 5) is 21.2. The van der Waals surface area contributed by atoms with Crippen LogP contribution >= 0.6 is 0 Å². The van der Waals surface area contributed by atoms with Gasteiger partial charge >= 0.3 is 6.47 Å². The van der Waals surface area contributed by atoms with Crippen molar-refractivity contribution in [1.29, 1.82) is 0 Å². The van der Waals surface area contributed by atoms with E-state index in [1.807, 2.05) is 0 Å². The van der Waals surface area contributed by atoms with Crippen LogP contribution in [0.1, 0.15) is 24.4 Å².